The molecule has 0 aliphatic heterocycles. The summed E-state index contributed by atoms with van der Waals surface area (Å²) >= 11 is 5.70. The molecule has 2 N–H and O–H groups in total. The Labute approximate surface area is 105 Å². The first-order valence-electron chi connectivity index (χ1n) is 5.77. The Morgan fingerprint density at radius 1 is 1.41 bits per heavy atom. The predicted molar refractivity (Wildman–Crippen MR) is 65.0 cm³/mol. The van der Waals surface area contributed by atoms with Crippen molar-refractivity contribution in [1.29, 1.82) is 0 Å². The smallest absolute Gasteiger partial charge is 0.270 e. The summed E-state index contributed by atoms with van der Waals surface area (Å²) in [6, 6.07) is 3.04. The first kappa shape index (κ1) is 12.3. The Morgan fingerprint density at radius 3 is 2.82 bits per heavy atom. The van der Waals surface area contributed by atoms with E-state index in [1.54, 1.807) is 12.1 Å². The van der Waals surface area contributed by atoms with Gasteiger partial charge in [-0.3, -0.25) is 4.79 Å². The summed E-state index contributed by atoms with van der Waals surface area (Å²) in [7, 11) is 0. The van der Waals surface area contributed by atoms with E-state index in [0.717, 1.165) is 25.7 Å². The molecule has 1 aromatic rings. The fraction of sp³-hybridized carbons (Fsp3) is 0.500. The summed E-state index contributed by atoms with van der Waals surface area (Å²) in [4.78, 5) is 15.8. The van der Waals surface area contributed by atoms with Crippen molar-refractivity contribution < 1.29 is 9.90 Å². The van der Waals surface area contributed by atoms with Crippen molar-refractivity contribution in [2.24, 2.45) is 0 Å². The van der Waals surface area contributed by atoms with Gasteiger partial charge in [0.25, 0.3) is 5.91 Å². The lowest BCUT2D eigenvalue weighted by Gasteiger charge is -2.28. The molecule has 92 valence electrons. The second-order valence-corrected chi connectivity index (χ2v) is 4.73. The van der Waals surface area contributed by atoms with Crippen LogP contribution in [0.15, 0.2) is 18.3 Å². The van der Waals surface area contributed by atoms with E-state index < -0.39 is 6.10 Å². The molecule has 1 saturated carbocycles. The van der Waals surface area contributed by atoms with Crippen molar-refractivity contribution in [3.05, 3.63) is 29.0 Å². The van der Waals surface area contributed by atoms with Gasteiger partial charge in [-0.25, -0.2) is 4.98 Å². The van der Waals surface area contributed by atoms with E-state index in [4.69, 9.17) is 11.6 Å². The third-order valence-electron chi connectivity index (χ3n) is 3.01. The molecular formula is C12H15ClN2O2. The number of aromatic nitrogens is 1. The standard InChI is InChI=1S/C12H15ClN2O2/c13-8-5-6-10(14-7-8)12(17)15-9-3-1-2-4-11(9)16/h5-7,9,11,16H,1-4H2,(H,15,17). The van der Waals surface area contributed by atoms with Gasteiger partial charge in [0.2, 0.25) is 0 Å². The van der Waals surface area contributed by atoms with Crippen LogP contribution >= 0.6 is 11.6 Å². The van der Waals surface area contributed by atoms with Crippen LogP contribution in [-0.4, -0.2) is 28.1 Å². The third kappa shape index (κ3) is 3.17. The number of carbonyl (C=O) groups is 1. The minimum absolute atomic E-state index is 0.159. The Kier molecular flexibility index (Phi) is 3.97. The maximum Gasteiger partial charge on any atom is 0.270 e. The summed E-state index contributed by atoms with van der Waals surface area (Å²) in [5.74, 6) is -0.257. The van der Waals surface area contributed by atoms with E-state index in [9.17, 15) is 9.90 Å². The normalized spacial score (nSPS) is 24.4. The van der Waals surface area contributed by atoms with E-state index in [1.165, 1.54) is 6.20 Å². The second kappa shape index (κ2) is 5.47. The quantitative estimate of drug-likeness (QED) is 0.846. The first-order valence-corrected chi connectivity index (χ1v) is 6.15. The number of rotatable bonds is 2. The third-order valence-corrected chi connectivity index (χ3v) is 3.23. The van der Waals surface area contributed by atoms with Crippen LogP contribution in [0.4, 0.5) is 0 Å². The summed E-state index contributed by atoms with van der Waals surface area (Å²) in [6.45, 7) is 0. The van der Waals surface area contributed by atoms with Crippen LogP contribution in [-0.2, 0) is 0 Å². The number of halogens is 1. The van der Waals surface area contributed by atoms with Gasteiger partial charge in [0.05, 0.1) is 17.2 Å². The highest BCUT2D eigenvalue weighted by Gasteiger charge is 2.25. The topological polar surface area (TPSA) is 62.2 Å². The molecule has 1 aliphatic carbocycles. The molecule has 17 heavy (non-hydrogen) atoms. The van der Waals surface area contributed by atoms with E-state index in [-0.39, 0.29) is 11.9 Å². The Hall–Kier alpha value is -1.13. The van der Waals surface area contributed by atoms with Crippen molar-refractivity contribution in [2.75, 3.05) is 0 Å². The minimum atomic E-state index is -0.444. The SMILES string of the molecule is O=C(NC1CCCCC1O)c1ccc(Cl)cn1. The largest absolute Gasteiger partial charge is 0.391 e. The zero-order chi connectivity index (χ0) is 12.3. The summed E-state index contributed by atoms with van der Waals surface area (Å²) in [5, 5.41) is 13.1. The van der Waals surface area contributed by atoms with Crippen molar-refractivity contribution in [3.8, 4) is 0 Å². The number of pyridine rings is 1. The number of aliphatic hydroxyl groups excluding tert-OH is 1. The molecule has 5 heteroatoms. The molecule has 1 aliphatic rings. The van der Waals surface area contributed by atoms with Crippen LogP contribution in [0.25, 0.3) is 0 Å². The molecule has 1 fully saturated rings. The van der Waals surface area contributed by atoms with E-state index in [2.05, 4.69) is 10.3 Å². The highest BCUT2D eigenvalue weighted by atomic mass is 35.5. The van der Waals surface area contributed by atoms with Crippen molar-refractivity contribution in [3.63, 3.8) is 0 Å². The molecular weight excluding hydrogens is 240 g/mol. The van der Waals surface area contributed by atoms with Gasteiger partial charge in [0, 0.05) is 6.20 Å². The van der Waals surface area contributed by atoms with E-state index in [1.807, 2.05) is 0 Å². The molecule has 0 bridgehead atoms. The molecule has 1 amide bonds. The van der Waals surface area contributed by atoms with Gasteiger partial charge in [-0.1, -0.05) is 24.4 Å². The second-order valence-electron chi connectivity index (χ2n) is 4.29. The van der Waals surface area contributed by atoms with Crippen LogP contribution in [0.5, 0.6) is 0 Å². The molecule has 0 radical (unpaired) electrons. The average Bonchev–Trinajstić information content (AvgIpc) is 2.33. The van der Waals surface area contributed by atoms with Gasteiger partial charge in [-0.15, -0.1) is 0 Å². The number of hydrogen-bond acceptors (Lipinski definition) is 3. The van der Waals surface area contributed by atoms with Crippen LogP contribution in [0.2, 0.25) is 5.02 Å². The maximum atomic E-state index is 11.8. The molecule has 2 unspecified atom stereocenters. The summed E-state index contributed by atoms with van der Waals surface area (Å²) in [6.07, 6.45) is 4.62. The van der Waals surface area contributed by atoms with Gasteiger partial charge in [-0.2, -0.15) is 0 Å². The highest BCUT2D eigenvalue weighted by molar-refractivity contribution is 6.30. The zero-order valence-electron chi connectivity index (χ0n) is 9.40. The lowest BCUT2D eigenvalue weighted by molar-refractivity contribution is 0.0714. The van der Waals surface area contributed by atoms with Crippen LogP contribution < -0.4 is 5.32 Å². The monoisotopic (exact) mass is 254 g/mol. The zero-order valence-corrected chi connectivity index (χ0v) is 10.2. The predicted octanol–water partition coefficient (Wildman–Crippen LogP) is 1.77. The summed E-state index contributed by atoms with van der Waals surface area (Å²) < 4.78 is 0. The molecule has 1 aromatic heterocycles. The number of hydrogen-bond donors (Lipinski definition) is 2. The lowest BCUT2D eigenvalue weighted by atomic mass is 9.92. The Balaban J connectivity index is 1.98. The minimum Gasteiger partial charge on any atom is -0.391 e. The van der Waals surface area contributed by atoms with Crippen LogP contribution in [0.1, 0.15) is 36.2 Å². The molecule has 0 aromatic carbocycles. The van der Waals surface area contributed by atoms with Crippen LogP contribution in [0.3, 0.4) is 0 Å². The van der Waals surface area contributed by atoms with Gasteiger partial charge in [-0.05, 0) is 25.0 Å². The fourth-order valence-electron chi connectivity index (χ4n) is 2.03. The van der Waals surface area contributed by atoms with Crippen molar-refractivity contribution in [2.45, 2.75) is 37.8 Å². The van der Waals surface area contributed by atoms with Gasteiger partial charge in [0.1, 0.15) is 5.69 Å². The number of nitrogens with zero attached hydrogens (tertiary/aromatic N) is 1. The van der Waals surface area contributed by atoms with Gasteiger partial charge >= 0.3 is 0 Å². The Morgan fingerprint density at radius 2 is 2.18 bits per heavy atom. The Bertz CT molecular complexity index is 394. The number of amides is 1. The fourth-order valence-corrected chi connectivity index (χ4v) is 2.14. The lowest BCUT2D eigenvalue weighted by Crippen LogP contribution is -2.45. The van der Waals surface area contributed by atoms with E-state index >= 15 is 0 Å². The molecule has 0 spiro atoms. The molecule has 2 atom stereocenters. The number of carbonyl (C=O) groups excluding carboxylic acids is 1. The van der Waals surface area contributed by atoms with Crippen LogP contribution in [0, 0.1) is 0 Å². The average molecular weight is 255 g/mol. The highest BCUT2D eigenvalue weighted by Crippen LogP contribution is 2.18. The van der Waals surface area contributed by atoms with Gasteiger partial charge in [0.15, 0.2) is 0 Å². The summed E-state index contributed by atoms with van der Waals surface area (Å²) in [5.41, 5.74) is 0.326. The number of aliphatic hydroxyl groups is 1. The van der Waals surface area contributed by atoms with Crippen molar-refractivity contribution >= 4 is 17.5 Å². The van der Waals surface area contributed by atoms with Crippen molar-refractivity contribution in [1.82, 2.24) is 10.3 Å². The molecule has 4 nitrogen and oxygen atoms in total. The number of nitrogens with one attached hydrogen (secondary N) is 1. The first-order chi connectivity index (χ1) is 8.16. The molecule has 1 heterocycles. The van der Waals surface area contributed by atoms with Gasteiger partial charge < -0.3 is 10.4 Å². The molecule has 2 rings (SSSR count). The molecule has 0 saturated heterocycles. The van der Waals surface area contributed by atoms with E-state index in [0.29, 0.717) is 10.7 Å². The maximum absolute atomic E-state index is 11.8.